The Bertz CT molecular complexity index is 2170. The number of benzene rings is 2. The van der Waals surface area contributed by atoms with Gasteiger partial charge in [-0.25, -0.2) is 19.6 Å². The molecule has 4 unspecified atom stereocenters. The number of nitrogens with zero attached hydrogens (tertiary/aromatic N) is 4. The third-order valence-corrected chi connectivity index (χ3v) is 12.0. The Morgan fingerprint density at radius 3 is 1.48 bits per heavy atom. The molecule has 0 aliphatic carbocycles. The third-order valence-electron chi connectivity index (χ3n) is 12.0. The van der Waals surface area contributed by atoms with Gasteiger partial charge < -0.3 is 49.3 Å². The lowest BCUT2D eigenvalue weighted by Crippen LogP contribution is -2.51. The maximum Gasteiger partial charge on any atom is 0.407 e. The topological polar surface area (TPSA) is 193 Å². The summed E-state index contributed by atoms with van der Waals surface area (Å²) in [6, 6.07) is 10.3. The summed E-state index contributed by atoms with van der Waals surface area (Å²) in [6.45, 7) is 9.51. The smallest absolute Gasteiger partial charge is 0.407 e. The second kappa shape index (κ2) is 16.7. The van der Waals surface area contributed by atoms with E-state index in [0.717, 1.165) is 82.0 Å². The minimum absolute atomic E-state index is 0.120. The second-order valence-electron chi connectivity index (χ2n) is 16.4. The minimum Gasteiger partial charge on any atom is -0.488 e. The average molecular weight is 821 g/mol. The number of H-pyrrole nitrogens is 2. The highest BCUT2D eigenvalue weighted by Crippen LogP contribution is 2.45. The van der Waals surface area contributed by atoms with Gasteiger partial charge in [0.25, 0.3) is 0 Å². The van der Waals surface area contributed by atoms with Crippen molar-refractivity contribution >= 4 is 35.1 Å². The van der Waals surface area contributed by atoms with E-state index < -0.39 is 24.3 Å². The van der Waals surface area contributed by atoms with E-state index >= 15 is 0 Å². The third kappa shape index (κ3) is 7.66. The van der Waals surface area contributed by atoms with Crippen molar-refractivity contribution in [1.82, 2.24) is 40.4 Å². The number of carbonyl (C=O) groups is 4. The lowest BCUT2D eigenvalue weighted by atomic mass is 9.89. The van der Waals surface area contributed by atoms with Crippen molar-refractivity contribution in [2.75, 3.05) is 40.5 Å². The van der Waals surface area contributed by atoms with E-state index in [9.17, 15) is 19.2 Å². The van der Waals surface area contributed by atoms with Gasteiger partial charge in [0, 0.05) is 46.5 Å². The first kappa shape index (κ1) is 40.5. The van der Waals surface area contributed by atoms with Crippen LogP contribution >= 0.6 is 0 Å². The first-order valence-electron chi connectivity index (χ1n) is 20.6. The molecule has 0 radical (unpaired) electrons. The van der Waals surface area contributed by atoms with Crippen LogP contribution in [0.2, 0.25) is 0 Å². The number of fused-ring (bicyclic) bond motifs is 4. The molecule has 4 aliphatic rings. The number of ether oxygens (including phenoxy) is 4. The van der Waals surface area contributed by atoms with Crippen LogP contribution in [0.4, 0.5) is 9.59 Å². The van der Waals surface area contributed by atoms with Crippen molar-refractivity contribution in [3.8, 4) is 34.0 Å². The highest BCUT2D eigenvalue weighted by molar-refractivity contribution is 5.98. The molecule has 16 nitrogen and oxygen atoms in total. The van der Waals surface area contributed by atoms with Crippen molar-refractivity contribution in [2.45, 2.75) is 77.5 Å². The molecular formula is C44H52N8O8. The monoisotopic (exact) mass is 820 g/mol. The summed E-state index contributed by atoms with van der Waals surface area (Å²) in [5.74, 6) is 2.35. The molecule has 0 bridgehead atoms. The molecule has 2 fully saturated rings. The molecule has 0 saturated carbocycles. The minimum atomic E-state index is -0.705. The Hall–Kier alpha value is -6.32. The molecule has 2 aromatic heterocycles. The fourth-order valence-electron chi connectivity index (χ4n) is 8.76. The van der Waals surface area contributed by atoms with E-state index in [1.165, 1.54) is 14.2 Å². The van der Waals surface area contributed by atoms with E-state index in [0.29, 0.717) is 38.0 Å². The number of carbonyl (C=O) groups excluding carboxylic acids is 4. The highest BCUT2D eigenvalue weighted by Gasteiger charge is 2.39. The molecule has 6 heterocycles. The molecule has 4 aromatic rings. The molecule has 60 heavy (non-hydrogen) atoms. The van der Waals surface area contributed by atoms with Gasteiger partial charge in [-0.1, -0.05) is 52.0 Å². The number of methoxy groups -OCH3 is 2. The molecule has 0 spiro atoms. The van der Waals surface area contributed by atoms with E-state index in [4.69, 9.17) is 28.9 Å². The number of likely N-dealkylation sites (tertiary alicyclic amines) is 2. The Kier molecular flexibility index (Phi) is 11.3. The quantitative estimate of drug-likeness (QED) is 0.142. The average Bonchev–Trinajstić information content (AvgIpc) is 4.10. The van der Waals surface area contributed by atoms with Gasteiger partial charge in [0.15, 0.2) is 0 Å². The van der Waals surface area contributed by atoms with Crippen molar-refractivity contribution < 1.29 is 38.1 Å². The molecular weight excluding hydrogens is 769 g/mol. The van der Waals surface area contributed by atoms with Gasteiger partial charge in [-0.3, -0.25) is 9.59 Å². The van der Waals surface area contributed by atoms with Gasteiger partial charge in [-0.2, -0.15) is 0 Å². The fourth-order valence-corrected chi connectivity index (χ4v) is 8.76. The zero-order valence-electron chi connectivity index (χ0n) is 34.8. The first-order chi connectivity index (χ1) is 28.9. The van der Waals surface area contributed by atoms with Gasteiger partial charge in [0.2, 0.25) is 11.8 Å². The Labute approximate surface area is 348 Å². The molecule has 4 atom stereocenters. The van der Waals surface area contributed by atoms with E-state index in [2.05, 4.69) is 32.7 Å². The number of hydrogen-bond acceptors (Lipinski definition) is 10. The first-order valence-corrected chi connectivity index (χ1v) is 20.6. The van der Waals surface area contributed by atoms with Crippen LogP contribution in [-0.4, -0.2) is 106 Å². The van der Waals surface area contributed by atoms with Crippen LogP contribution < -0.4 is 20.1 Å². The number of aromatic amines is 2. The lowest BCUT2D eigenvalue weighted by molar-refractivity contribution is -0.136. The van der Waals surface area contributed by atoms with Crippen LogP contribution in [0.1, 0.15) is 88.2 Å². The molecule has 4 N–H and O–H groups in total. The Balaban J connectivity index is 0.971. The summed E-state index contributed by atoms with van der Waals surface area (Å²) in [6.07, 6.45) is 5.49. The molecule has 8 rings (SSSR count). The van der Waals surface area contributed by atoms with Gasteiger partial charge in [-0.05, 0) is 49.7 Å². The van der Waals surface area contributed by atoms with Crippen LogP contribution in [0.3, 0.4) is 0 Å². The number of hydrogen-bond donors (Lipinski definition) is 4. The zero-order chi connectivity index (χ0) is 42.2. The van der Waals surface area contributed by atoms with Crippen molar-refractivity contribution in [2.24, 2.45) is 11.8 Å². The maximum atomic E-state index is 13.6. The predicted octanol–water partition coefficient (Wildman–Crippen LogP) is 6.25. The van der Waals surface area contributed by atoms with Crippen molar-refractivity contribution in [1.29, 1.82) is 0 Å². The molecule has 2 saturated heterocycles. The van der Waals surface area contributed by atoms with Crippen LogP contribution in [0.15, 0.2) is 48.8 Å². The van der Waals surface area contributed by atoms with Gasteiger partial charge >= 0.3 is 12.2 Å². The maximum absolute atomic E-state index is 13.6. The Morgan fingerprint density at radius 2 is 1.10 bits per heavy atom. The lowest BCUT2D eigenvalue weighted by Gasteiger charge is -2.30. The summed E-state index contributed by atoms with van der Waals surface area (Å²) < 4.78 is 22.3. The SMILES string of the molecule is COC(=O)NC(C(=O)N1CCCC1c1ncc(-c2ccc3c(c2)OCC2=C3COc3cc(-c4cnc(C5CCCN5C(=O)C(NC(=O)OC)C(C)C)[nH]4)ccc32)[nH]1)C(C)C. The van der Waals surface area contributed by atoms with Crippen LogP contribution in [0.25, 0.3) is 33.7 Å². The normalized spacial score (nSPS) is 19.2. The summed E-state index contributed by atoms with van der Waals surface area (Å²) in [5.41, 5.74) is 7.52. The second-order valence-corrected chi connectivity index (χ2v) is 16.4. The number of rotatable bonds is 10. The number of amides is 4. The molecule has 4 amide bonds. The highest BCUT2D eigenvalue weighted by atomic mass is 16.5. The summed E-state index contributed by atoms with van der Waals surface area (Å²) in [5, 5.41) is 5.40. The number of nitrogens with one attached hydrogen (secondary N) is 4. The predicted molar refractivity (Wildman–Crippen MR) is 222 cm³/mol. The van der Waals surface area contributed by atoms with Crippen LogP contribution in [0, 0.1) is 11.8 Å². The Morgan fingerprint density at radius 1 is 0.683 bits per heavy atom. The largest absolute Gasteiger partial charge is 0.488 e. The molecule has 4 aliphatic heterocycles. The zero-order valence-corrected chi connectivity index (χ0v) is 34.8. The number of imidazole rings is 2. The molecule has 316 valence electrons. The van der Waals surface area contributed by atoms with Crippen LogP contribution in [-0.2, 0) is 19.1 Å². The van der Waals surface area contributed by atoms with Gasteiger partial charge in [0.05, 0.1) is 50.1 Å². The van der Waals surface area contributed by atoms with Crippen molar-refractivity contribution in [3.63, 3.8) is 0 Å². The fraction of sp³-hybridized carbons (Fsp3) is 0.455. The van der Waals surface area contributed by atoms with Crippen LogP contribution in [0.5, 0.6) is 11.5 Å². The summed E-state index contributed by atoms with van der Waals surface area (Å²) in [7, 11) is 2.57. The number of aromatic nitrogens is 4. The van der Waals surface area contributed by atoms with Crippen molar-refractivity contribution in [3.05, 3.63) is 71.6 Å². The molecule has 2 aromatic carbocycles. The molecule has 16 heteroatoms. The van der Waals surface area contributed by atoms with Gasteiger partial charge in [-0.15, -0.1) is 0 Å². The number of alkyl carbamates (subject to hydrolysis) is 2. The summed E-state index contributed by atoms with van der Waals surface area (Å²) >= 11 is 0. The van der Waals surface area contributed by atoms with E-state index in [1.54, 1.807) is 22.2 Å². The van der Waals surface area contributed by atoms with E-state index in [-0.39, 0.29) is 35.7 Å². The van der Waals surface area contributed by atoms with Gasteiger partial charge in [0.1, 0.15) is 48.4 Å². The van der Waals surface area contributed by atoms with E-state index in [1.807, 2.05) is 52.0 Å². The summed E-state index contributed by atoms with van der Waals surface area (Å²) in [4.78, 5) is 71.2. The standard InChI is InChI=1S/C44H52N8O8/c1-23(2)37(49-43(55)57-5)41(53)51-15-7-9-33(51)39-45-19-31(47-39)25-11-13-27-29-22-60-36-18-26(12-14-28(36)30(29)21-59-35(27)17-25)32-20-46-40(48-32)34-10-8-16-52(34)42(54)38(24(3)4)50-44(56)58-6/h11-14,17-20,23-24,33-34,37-38H,7-10,15-16,21-22H2,1-6H3,(H,45,47)(H,46,48)(H,49,55)(H,50,56).